The molecule has 3 aliphatic rings. The van der Waals surface area contributed by atoms with Gasteiger partial charge in [-0.3, -0.25) is 9.20 Å². The minimum Gasteiger partial charge on any atom is -0.342 e. The lowest BCUT2D eigenvalue weighted by Gasteiger charge is -2.34. The van der Waals surface area contributed by atoms with Gasteiger partial charge in [-0.1, -0.05) is 6.07 Å². The number of aromatic nitrogens is 3. The van der Waals surface area contributed by atoms with Crippen LogP contribution in [0, 0.1) is 5.92 Å². The van der Waals surface area contributed by atoms with Crippen molar-refractivity contribution in [1.29, 1.82) is 0 Å². The van der Waals surface area contributed by atoms with Crippen LogP contribution >= 0.6 is 24.8 Å². The highest BCUT2D eigenvalue weighted by atomic mass is 35.5. The third-order valence-corrected chi connectivity index (χ3v) is 6.51. The summed E-state index contributed by atoms with van der Waals surface area (Å²) >= 11 is 0. The van der Waals surface area contributed by atoms with Crippen LogP contribution in [0.1, 0.15) is 56.7 Å². The average molecular weight is 426 g/mol. The Morgan fingerprint density at radius 3 is 2.68 bits per heavy atom. The minimum absolute atomic E-state index is 0. The number of hydrogen-bond donors (Lipinski definition) is 1. The van der Waals surface area contributed by atoms with E-state index in [0.29, 0.717) is 23.9 Å². The molecule has 8 heteroatoms. The van der Waals surface area contributed by atoms with E-state index in [1.807, 2.05) is 24.4 Å². The van der Waals surface area contributed by atoms with Crippen LogP contribution in [0.3, 0.4) is 0 Å². The Morgan fingerprint density at radius 2 is 1.89 bits per heavy atom. The molecule has 1 N–H and O–H groups in total. The van der Waals surface area contributed by atoms with E-state index < -0.39 is 0 Å². The average Bonchev–Trinajstić information content (AvgIpc) is 3.25. The van der Waals surface area contributed by atoms with Gasteiger partial charge in [-0.2, -0.15) is 0 Å². The van der Waals surface area contributed by atoms with Crippen molar-refractivity contribution in [3.63, 3.8) is 0 Å². The molecule has 5 rings (SSSR count). The number of nitrogens with one attached hydrogen (secondary N) is 1. The summed E-state index contributed by atoms with van der Waals surface area (Å²) in [5.41, 5.74) is 0.885. The number of likely N-dealkylation sites (tertiary alicyclic amines) is 1. The number of halogens is 2. The largest absolute Gasteiger partial charge is 0.342 e. The Kier molecular flexibility index (Phi) is 6.84. The Morgan fingerprint density at radius 1 is 1.11 bits per heavy atom. The molecule has 0 radical (unpaired) electrons. The van der Waals surface area contributed by atoms with Gasteiger partial charge in [0, 0.05) is 43.7 Å². The zero-order chi connectivity index (χ0) is 17.5. The van der Waals surface area contributed by atoms with Crippen molar-refractivity contribution in [2.45, 2.75) is 62.9 Å². The molecule has 154 valence electrons. The third-order valence-electron chi connectivity index (χ3n) is 6.51. The van der Waals surface area contributed by atoms with Crippen molar-refractivity contribution in [1.82, 2.24) is 24.8 Å². The number of amides is 1. The molecule has 3 atom stereocenters. The molecule has 0 spiro atoms. The fourth-order valence-electron chi connectivity index (χ4n) is 5.27. The lowest BCUT2D eigenvalue weighted by molar-refractivity contribution is -0.133. The van der Waals surface area contributed by atoms with Gasteiger partial charge >= 0.3 is 0 Å². The first kappa shape index (κ1) is 21.3. The van der Waals surface area contributed by atoms with Crippen LogP contribution in [-0.2, 0) is 4.79 Å². The number of rotatable bonds is 3. The van der Waals surface area contributed by atoms with Crippen LogP contribution in [0.25, 0.3) is 5.65 Å². The monoisotopic (exact) mass is 425 g/mol. The molecule has 28 heavy (non-hydrogen) atoms. The van der Waals surface area contributed by atoms with E-state index in [1.165, 1.54) is 25.7 Å². The van der Waals surface area contributed by atoms with Crippen LogP contribution in [0.5, 0.6) is 0 Å². The van der Waals surface area contributed by atoms with E-state index in [4.69, 9.17) is 0 Å². The van der Waals surface area contributed by atoms with Crippen molar-refractivity contribution in [3.05, 3.63) is 30.2 Å². The first-order valence-corrected chi connectivity index (χ1v) is 10.1. The van der Waals surface area contributed by atoms with Gasteiger partial charge in [0.1, 0.15) is 5.82 Å². The van der Waals surface area contributed by atoms with Gasteiger partial charge in [-0.05, 0) is 56.6 Å². The number of hydrogen-bond acceptors (Lipinski definition) is 4. The van der Waals surface area contributed by atoms with Crippen LogP contribution in [0.4, 0.5) is 0 Å². The summed E-state index contributed by atoms with van der Waals surface area (Å²) in [5.74, 6) is 2.19. The topological polar surface area (TPSA) is 62.5 Å². The van der Waals surface area contributed by atoms with Gasteiger partial charge in [0.2, 0.25) is 5.91 Å². The summed E-state index contributed by atoms with van der Waals surface area (Å²) in [5, 5.41) is 12.4. The maximum atomic E-state index is 12.9. The van der Waals surface area contributed by atoms with E-state index >= 15 is 0 Å². The van der Waals surface area contributed by atoms with Gasteiger partial charge in [-0.15, -0.1) is 35.0 Å². The number of nitrogens with zero attached hydrogens (tertiary/aromatic N) is 4. The SMILES string of the molecule is Cl.Cl.O=C(CC1CC2CCC(C1)N2)N1CCCC(c2nnc3ccccn23)C1. The summed E-state index contributed by atoms with van der Waals surface area (Å²) in [7, 11) is 0. The second kappa shape index (κ2) is 8.97. The molecule has 1 amide bonds. The normalized spacial score (nSPS) is 29.2. The summed E-state index contributed by atoms with van der Waals surface area (Å²) in [6.07, 6.45) is 9.82. The minimum atomic E-state index is 0. The number of fused-ring (bicyclic) bond motifs is 3. The Labute approximate surface area is 178 Å². The van der Waals surface area contributed by atoms with E-state index in [1.54, 1.807) is 0 Å². The number of piperidine rings is 2. The first-order valence-electron chi connectivity index (χ1n) is 10.1. The molecular weight excluding hydrogens is 397 g/mol. The van der Waals surface area contributed by atoms with Gasteiger partial charge < -0.3 is 10.2 Å². The summed E-state index contributed by atoms with van der Waals surface area (Å²) < 4.78 is 2.07. The number of carbonyl (C=O) groups is 1. The number of pyridine rings is 1. The predicted molar refractivity (Wildman–Crippen MR) is 113 cm³/mol. The fraction of sp³-hybridized carbons (Fsp3) is 0.650. The second-order valence-electron chi connectivity index (χ2n) is 8.35. The summed E-state index contributed by atoms with van der Waals surface area (Å²) in [6, 6.07) is 7.28. The summed E-state index contributed by atoms with van der Waals surface area (Å²) in [4.78, 5) is 15.0. The van der Waals surface area contributed by atoms with Crippen LogP contribution in [0.2, 0.25) is 0 Å². The molecule has 5 heterocycles. The van der Waals surface area contributed by atoms with Crippen LogP contribution in [0.15, 0.2) is 24.4 Å². The van der Waals surface area contributed by atoms with Crippen molar-refractivity contribution < 1.29 is 4.79 Å². The van der Waals surface area contributed by atoms with Gasteiger partial charge in [0.05, 0.1) is 0 Å². The molecule has 3 fully saturated rings. The van der Waals surface area contributed by atoms with Crippen LogP contribution < -0.4 is 5.32 Å². The maximum Gasteiger partial charge on any atom is 0.222 e. The van der Waals surface area contributed by atoms with Crippen LogP contribution in [-0.4, -0.2) is 50.6 Å². The van der Waals surface area contributed by atoms with Gasteiger partial charge in [0.15, 0.2) is 5.65 Å². The molecule has 2 aromatic rings. The smallest absolute Gasteiger partial charge is 0.222 e. The lowest BCUT2D eigenvalue weighted by atomic mass is 9.88. The highest BCUT2D eigenvalue weighted by molar-refractivity contribution is 5.85. The summed E-state index contributed by atoms with van der Waals surface area (Å²) in [6.45, 7) is 1.68. The lowest BCUT2D eigenvalue weighted by Crippen LogP contribution is -2.43. The van der Waals surface area contributed by atoms with Gasteiger partial charge in [-0.25, -0.2) is 0 Å². The maximum absolute atomic E-state index is 12.9. The fourth-order valence-corrected chi connectivity index (χ4v) is 5.27. The Hall–Kier alpha value is -1.37. The van der Waals surface area contributed by atoms with Gasteiger partial charge in [0.25, 0.3) is 0 Å². The molecule has 2 aromatic heterocycles. The molecule has 0 saturated carbocycles. The molecule has 3 aliphatic heterocycles. The van der Waals surface area contributed by atoms with Crippen molar-refractivity contribution in [2.75, 3.05) is 13.1 Å². The van der Waals surface area contributed by atoms with E-state index in [0.717, 1.165) is 43.8 Å². The third kappa shape index (κ3) is 4.14. The highest BCUT2D eigenvalue weighted by Crippen LogP contribution is 2.34. The zero-order valence-electron chi connectivity index (χ0n) is 16.0. The predicted octanol–water partition coefficient (Wildman–Crippen LogP) is 3.20. The number of carbonyl (C=O) groups excluding carboxylic acids is 1. The Bertz CT molecular complexity index is 801. The van der Waals surface area contributed by atoms with E-state index in [2.05, 4.69) is 24.8 Å². The standard InChI is InChI=1S/C20H27N5O.2ClH/c26-19(12-14-10-16-6-7-17(11-14)21-16)24-8-3-4-15(13-24)20-23-22-18-5-1-2-9-25(18)20;;/h1-2,5,9,14-17,21H,3-4,6-8,10-13H2;2*1H. The molecule has 0 aromatic carbocycles. The zero-order valence-corrected chi connectivity index (χ0v) is 17.6. The van der Waals surface area contributed by atoms with E-state index in [9.17, 15) is 4.79 Å². The molecule has 3 unspecified atom stereocenters. The quantitative estimate of drug-likeness (QED) is 0.819. The molecule has 0 aliphatic carbocycles. The van der Waals surface area contributed by atoms with Crippen molar-refractivity contribution in [3.8, 4) is 0 Å². The van der Waals surface area contributed by atoms with E-state index in [-0.39, 0.29) is 30.7 Å². The van der Waals surface area contributed by atoms with Crippen molar-refractivity contribution in [2.24, 2.45) is 5.92 Å². The second-order valence-corrected chi connectivity index (χ2v) is 8.35. The molecular formula is C20H29Cl2N5O. The highest BCUT2D eigenvalue weighted by Gasteiger charge is 2.35. The molecule has 3 saturated heterocycles. The van der Waals surface area contributed by atoms with Crippen molar-refractivity contribution >= 4 is 36.4 Å². The Balaban J connectivity index is 0.00000112. The first-order chi connectivity index (χ1) is 12.8. The molecule has 2 bridgehead atoms. The molecule has 6 nitrogen and oxygen atoms in total.